The van der Waals surface area contributed by atoms with Gasteiger partial charge in [0.25, 0.3) is 0 Å². The zero-order valence-corrected chi connectivity index (χ0v) is 13.6. The topological polar surface area (TPSA) is 66.5 Å². The minimum atomic E-state index is -3.50. The van der Waals surface area contributed by atoms with Gasteiger partial charge in [0.15, 0.2) is 0 Å². The molecule has 1 aliphatic rings. The van der Waals surface area contributed by atoms with Gasteiger partial charge in [0.1, 0.15) is 4.21 Å². The van der Waals surface area contributed by atoms with E-state index >= 15 is 0 Å². The maximum atomic E-state index is 12.1. The molecule has 112 valence electrons. The highest BCUT2D eigenvalue weighted by Gasteiger charge is 2.34. The summed E-state index contributed by atoms with van der Waals surface area (Å²) in [4.78, 5) is 13.7. The number of thiophene rings is 1. The normalized spacial score (nSPS) is 20.6. The lowest BCUT2D eigenvalue weighted by atomic mass is 9.96. The van der Waals surface area contributed by atoms with Crippen molar-refractivity contribution in [3.05, 3.63) is 17.5 Å². The van der Waals surface area contributed by atoms with Gasteiger partial charge < -0.3 is 4.90 Å². The highest BCUT2D eigenvalue weighted by molar-refractivity contribution is 7.91. The SMILES string of the molecule is CC(C)(C)CN1C[C@@H](NS(=O)(=O)c2cccs2)CC1=O. The highest BCUT2D eigenvalue weighted by atomic mass is 32.2. The smallest absolute Gasteiger partial charge is 0.250 e. The van der Waals surface area contributed by atoms with Gasteiger partial charge in [-0.1, -0.05) is 26.8 Å². The first kappa shape index (κ1) is 15.5. The van der Waals surface area contributed by atoms with Crippen molar-refractivity contribution < 1.29 is 13.2 Å². The first-order valence-electron chi connectivity index (χ1n) is 6.51. The Morgan fingerprint density at radius 3 is 2.70 bits per heavy atom. The number of carbonyl (C=O) groups is 1. The van der Waals surface area contributed by atoms with Crippen LogP contribution in [0.5, 0.6) is 0 Å². The largest absolute Gasteiger partial charge is 0.341 e. The zero-order chi connectivity index (χ0) is 15.0. The number of likely N-dealkylation sites (tertiary alicyclic amines) is 1. The molecule has 5 nitrogen and oxygen atoms in total. The van der Waals surface area contributed by atoms with Crippen LogP contribution in [-0.2, 0) is 14.8 Å². The van der Waals surface area contributed by atoms with Gasteiger partial charge in [-0.05, 0) is 16.9 Å². The average molecular weight is 316 g/mol. The Morgan fingerprint density at radius 1 is 1.45 bits per heavy atom. The van der Waals surface area contributed by atoms with Gasteiger partial charge in [0.05, 0.1) is 0 Å². The van der Waals surface area contributed by atoms with Crippen LogP contribution in [0, 0.1) is 5.41 Å². The van der Waals surface area contributed by atoms with Gasteiger partial charge in [0, 0.05) is 25.6 Å². The number of nitrogens with one attached hydrogen (secondary N) is 1. The molecule has 0 unspecified atom stereocenters. The maximum absolute atomic E-state index is 12.1. The Kier molecular flexibility index (Phi) is 4.22. The second-order valence-electron chi connectivity index (χ2n) is 6.29. The number of carbonyl (C=O) groups excluding carboxylic acids is 1. The summed E-state index contributed by atoms with van der Waals surface area (Å²) in [6, 6.07) is 2.93. The molecule has 0 spiro atoms. The van der Waals surface area contributed by atoms with E-state index in [1.165, 1.54) is 11.3 Å². The van der Waals surface area contributed by atoms with E-state index < -0.39 is 10.0 Å². The third kappa shape index (κ3) is 3.80. The van der Waals surface area contributed by atoms with E-state index in [0.29, 0.717) is 17.3 Å². The summed E-state index contributed by atoms with van der Waals surface area (Å²) in [7, 11) is -3.50. The van der Waals surface area contributed by atoms with Gasteiger partial charge in [-0.3, -0.25) is 4.79 Å². The molecule has 20 heavy (non-hydrogen) atoms. The van der Waals surface area contributed by atoms with Crippen molar-refractivity contribution >= 4 is 27.3 Å². The van der Waals surface area contributed by atoms with E-state index in [2.05, 4.69) is 25.5 Å². The summed E-state index contributed by atoms with van der Waals surface area (Å²) in [6.45, 7) is 7.26. The fourth-order valence-electron chi connectivity index (χ4n) is 2.27. The van der Waals surface area contributed by atoms with Crippen LogP contribution in [0.15, 0.2) is 21.7 Å². The monoisotopic (exact) mass is 316 g/mol. The molecule has 7 heteroatoms. The quantitative estimate of drug-likeness (QED) is 0.919. The molecular formula is C13H20N2O3S2. The Balaban J connectivity index is 2.01. The fourth-order valence-corrected chi connectivity index (χ4v) is 4.51. The summed E-state index contributed by atoms with van der Waals surface area (Å²) < 4.78 is 27.1. The van der Waals surface area contributed by atoms with E-state index in [1.807, 2.05) is 0 Å². The summed E-state index contributed by atoms with van der Waals surface area (Å²) in [5.41, 5.74) is 0.0111. The number of rotatable bonds is 4. The average Bonchev–Trinajstić information content (AvgIpc) is 2.87. The van der Waals surface area contributed by atoms with Crippen molar-refractivity contribution in [2.45, 2.75) is 37.4 Å². The van der Waals surface area contributed by atoms with Crippen molar-refractivity contribution in [1.29, 1.82) is 0 Å². The predicted octanol–water partition coefficient (Wildman–Crippen LogP) is 1.67. The molecule has 0 aliphatic carbocycles. The lowest BCUT2D eigenvalue weighted by molar-refractivity contribution is -0.128. The minimum Gasteiger partial charge on any atom is -0.341 e. The van der Waals surface area contributed by atoms with Gasteiger partial charge >= 0.3 is 0 Å². The predicted molar refractivity (Wildman–Crippen MR) is 79.1 cm³/mol. The molecule has 1 aromatic heterocycles. The molecular weight excluding hydrogens is 296 g/mol. The van der Waals surface area contributed by atoms with E-state index in [-0.39, 0.29) is 23.8 Å². The van der Waals surface area contributed by atoms with Crippen LogP contribution in [0.25, 0.3) is 0 Å². The molecule has 0 aromatic carbocycles. The molecule has 1 saturated heterocycles. The Morgan fingerprint density at radius 2 is 2.15 bits per heavy atom. The Bertz CT molecular complexity index is 573. The summed E-state index contributed by atoms with van der Waals surface area (Å²) in [5.74, 6) is 0.0128. The summed E-state index contributed by atoms with van der Waals surface area (Å²) in [5, 5.41) is 1.72. The van der Waals surface area contributed by atoms with E-state index in [4.69, 9.17) is 0 Å². The van der Waals surface area contributed by atoms with Crippen LogP contribution in [-0.4, -0.2) is 38.4 Å². The summed E-state index contributed by atoms with van der Waals surface area (Å²) in [6.07, 6.45) is 0.237. The molecule has 0 saturated carbocycles. The van der Waals surface area contributed by atoms with Gasteiger partial charge in [-0.2, -0.15) is 0 Å². The third-order valence-corrected chi connectivity index (χ3v) is 5.88. The van der Waals surface area contributed by atoms with Gasteiger partial charge in [-0.25, -0.2) is 13.1 Å². The lowest BCUT2D eigenvalue weighted by Gasteiger charge is -2.26. The van der Waals surface area contributed by atoms with E-state index in [0.717, 1.165) is 0 Å². The Labute approximate surface area is 124 Å². The fraction of sp³-hybridized carbons (Fsp3) is 0.615. The number of amides is 1. The van der Waals surface area contributed by atoms with Crippen LogP contribution in [0.4, 0.5) is 0 Å². The zero-order valence-electron chi connectivity index (χ0n) is 11.9. The van der Waals surface area contributed by atoms with E-state index in [9.17, 15) is 13.2 Å². The van der Waals surface area contributed by atoms with Crippen molar-refractivity contribution in [2.75, 3.05) is 13.1 Å². The standard InChI is InChI=1S/C13H20N2O3S2/c1-13(2,3)9-15-8-10(7-11(15)16)14-20(17,18)12-5-4-6-19-12/h4-6,10,14H,7-9H2,1-3H3/t10-/m0/s1. The third-order valence-electron chi connectivity index (χ3n) is 2.96. The van der Waals surface area contributed by atoms with Crippen LogP contribution in [0.2, 0.25) is 0 Å². The molecule has 1 amide bonds. The van der Waals surface area contributed by atoms with Crippen molar-refractivity contribution in [3.63, 3.8) is 0 Å². The second kappa shape index (κ2) is 5.46. The molecule has 1 aromatic rings. The number of nitrogens with zero attached hydrogens (tertiary/aromatic N) is 1. The number of hydrogen-bond donors (Lipinski definition) is 1. The van der Waals surface area contributed by atoms with Crippen LogP contribution < -0.4 is 4.72 Å². The molecule has 2 heterocycles. The number of sulfonamides is 1. The molecule has 1 fully saturated rings. The maximum Gasteiger partial charge on any atom is 0.250 e. The van der Waals surface area contributed by atoms with Crippen molar-refractivity contribution in [1.82, 2.24) is 9.62 Å². The van der Waals surface area contributed by atoms with E-state index in [1.54, 1.807) is 22.4 Å². The van der Waals surface area contributed by atoms with Gasteiger partial charge in [-0.15, -0.1) is 11.3 Å². The highest BCUT2D eigenvalue weighted by Crippen LogP contribution is 2.22. The molecule has 0 radical (unpaired) electrons. The Hall–Kier alpha value is -0.920. The first-order valence-corrected chi connectivity index (χ1v) is 8.87. The molecule has 1 aliphatic heterocycles. The van der Waals surface area contributed by atoms with Gasteiger partial charge in [0.2, 0.25) is 15.9 Å². The van der Waals surface area contributed by atoms with Crippen LogP contribution in [0.1, 0.15) is 27.2 Å². The second-order valence-corrected chi connectivity index (χ2v) is 9.18. The number of hydrogen-bond acceptors (Lipinski definition) is 4. The van der Waals surface area contributed by atoms with Crippen molar-refractivity contribution in [2.24, 2.45) is 5.41 Å². The molecule has 2 rings (SSSR count). The summed E-state index contributed by atoms with van der Waals surface area (Å²) >= 11 is 1.18. The van der Waals surface area contributed by atoms with Crippen LogP contribution in [0.3, 0.4) is 0 Å². The molecule has 0 bridgehead atoms. The molecule has 1 N–H and O–H groups in total. The van der Waals surface area contributed by atoms with Crippen molar-refractivity contribution in [3.8, 4) is 0 Å². The molecule has 1 atom stereocenters. The first-order chi connectivity index (χ1) is 9.17. The minimum absolute atomic E-state index is 0.0111. The lowest BCUT2D eigenvalue weighted by Crippen LogP contribution is -2.38. The van der Waals surface area contributed by atoms with Crippen LogP contribution >= 0.6 is 11.3 Å².